The molecule has 0 spiro atoms. The van der Waals surface area contributed by atoms with E-state index in [1.165, 1.54) is 0 Å². The van der Waals surface area contributed by atoms with E-state index >= 15 is 0 Å². The fourth-order valence-electron chi connectivity index (χ4n) is 1.90. The highest BCUT2D eigenvalue weighted by Crippen LogP contribution is 2.13. The Morgan fingerprint density at radius 1 is 1.32 bits per heavy atom. The van der Waals surface area contributed by atoms with Crippen LogP contribution in [0.4, 0.5) is 0 Å². The first-order valence-electron chi connectivity index (χ1n) is 6.55. The number of nitrogens with two attached hydrogens (primary N) is 1. The first kappa shape index (κ1) is 16.1. The molecule has 108 valence electrons. The molecular weight excluding hydrogens is 262 g/mol. The molecule has 0 radical (unpaired) electrons. The second kappa shape index (κ2) is 7.62. The molecule has 1 aromatic rings. The first-order valence-corrected chi connectivity index (χ1v) is 8.37. The van der Waals surface area contributed by atoms with E-state index in [2.05, 4.69) is 0 Å². The minimum Gasteiger partial charge on any atom is -0.377 e. The molecule has 19 heavy (non-hydrogen) atoms. The molecule has 0 amide bonds. The molecule has 0 saturated heterocycles. The van der Waals surface area contributed by atoms with Gasteiger partial charge in [-0.2, -0.15) is 0 Å². The fourth-order valence-corrected chi connectivity index (χ4v) is 3.46. The van der Waals surface area contributed by atoms with Gasteiger partial charge in [-0.05, 0) is 31.4 Å². The summed E-state index contributed by atoms with van der Waals surface area (Å²) in [4.78, 5) is 0. The van der Waals surface area contributed by atoms with E-state index in [9.17, 15) is 8.42 Å². The summed E-state index contributed by atoms with van der Waals surface area (Å²) in [6, 6.07) is 7.55. The Bertz CT molecular complexity index is 485. The molecule has 1 unspecified atom stereocenters. The van der Waals surface area contributed by atoms with Crippen molar-refractivity contribution in [1.82, 2.24) is 0 Å². The Kier molecular flexibility index (Phi) is 6.48. The minimum atomic E-state index is -3.12. The van der Waals surface area contributed by atoms with Crippen LogP contribution in [0, 0.1) is 6.92 Å². The van der Waals surface area contributed by atoms with Gasteiger partial charge in [0, 0.05) is 13.2 Å². The average Bonchev–Trinajstić information content (AvgIpc) is 2.37. The van der Waals surface area contributed by atoms with E-state index in [0.29, 0.717) is 19.6 Å². The highest BCUT2D eigenvalue weighted by atomic mass is 32.2. The normalized spacial score (nSPS) is 13.4. The third-order valence-corrected chi connectivity index (χ3v) is 4.66. The summed E-state index contributed by atoms with van der Waals surface area (Å²) in [7, 11) is -3.12. The van der Waals surface area contributed by atoms with Gasteiger partial charge in [0.1, 0.15) is 0 Å². The zero-order chi connectivity index (χ0) is 14.3. The number of benzene rings is 1. The molecule has 0 saturated carbocycles. The number of hydrogen-bond acceptors (Lipinski definition) is 4. The predicted octanol–water partition coefficient (Wildman–Crippen LogP) is 1.66. The van der Waals surface area contributed by atoms with Gasteiger partial charge in [0.25, 0.3) is 0 Å². The van der Waals surface area contributed by atoms with Crippen LogP contribution in [-0.2, 0) is 20.3 Å². The second-order valence-corrected chi connectivity index (χ2v) is 6.80. The molecule has 0 aliphatic carbocycles. The van der Waals surface area contributed by atoms with Gasteiger partial charge in [0.2, 0.25) is 0 Å². The van der Waals surface area contributed by atoms with Crippen molar-refractivity contribution in [2.75, 3.05) is 18.9 Å². The van der Waals surface area contributed by atoms with Crippen LogP contribution < -0.4 is 5.73 Å². The van der Waals surface area contributed by atoms with Gasteiger partial charge in [-0.1, -0.05) is 24.3 Å². The molecule has 0 aromatic heterocycles. The minimum absolute atomic E-state index is 0.0864. The monoisotopic (exact) mass is 285 g/mol. The lowest BCUT2D eigenvalue weighted by atomic mass is 10.1. The van der Waals surface area contributed by atoms with Gasteiger partial charge in [0.15, 0.2) is 9.84 Å². The van der Waals surface area contributed by atoms with Crippen LogP contribution in [0.1, 0.15) is 24.5 Å². The number of ether oxygens (including phenoxy) is 1. The lowest BCUT2D eigenvalue weighted by Gasteiger charge is -2.15. The van der Waals surface area contributed by atoms with Gasteiger partial charge in [-0.15, -0.1) is 0 Å². The van der Waals surface area contributed by atoms with E-state index in [1.54, 1.807) is 0 Å². The maximum absolute atomic E-state index is 12.1. The summed E-state index contributed by atoms with van der Waals surface area (Å²) in [6.07, 6.45) is 0.287. The molecule has 0 heterocycles. The SMILES string of the molecule is CCOC(CN)CCS(=O)(=O)Cc1ccccc1C. The van der Waals surface area contributed by atoms with Gasteiger partial charge in [0.05, 0.1) is 17.6 Å². The maximum Gasteiger partial charge on any atom is 0.154 e. The van der Waals surface area contributed by atoms with Crippen molar-refractivity contribution in [3.8, 4) is 0 Å². The van der Waals surface area contributed by atoms with Gasteiger partial charge in [-0.3, -0.25) is 0 Å². The molecular formula is C14H23NO3S. The van der Waals surface area contributed by atoms with E-state index < -0.39 is 9.84 Å². The van der Waals surface area contributed by atoms with Crippen molar-refractivity contribution in [1.29, 1.82) is 0 Å². The Labute approximate surface area is 115 Å². The summed E-state index contributed by atoms with van der Waals surface area (Å²) in [5.74, 6) is 0.201. The Balaban J connectivity index is 2.60. The van der Waals surface area contributed by atoms with Crippen molar-refractivity contribution in [2.24, 2.45) is 5.73 Å². The number of hydrogen-bond donors (Lipinski definition) is 1. The number of rotatable bonds is 8. The smallest absolute Gasteiger partial charge is 0.154 e. The molecule has 2 N–H and O–H groups in total. The second-order valence-electron chi connectivity index (χ2n) is 4.62. The highest BCUT2D eigenvalue weighted by molar-refractivity contribution is 7.90. The summed E-state index contributed by atoms with van der Waals surface area (Å²) in [5.41, 5.74) is 7.41. The molecule has 5 heteroatoms. The van der Waals surface area contributed by atoms with Crippen LogP contribution >= 0.6 is 0 Å². The Morgan fingerprint density at radius 3 is 2.58 bits per heavy atom. The first-order chi connectivity index (χ1) is 8.98. The van der Waals surface area contributed by atoms with Gasteiger partial charge >= 0.3 is 0 Å². The molecule has 0 aliphatic heterocycles. The van der Waals surface area contributed by atoms with E-state index in [1.807, 2.05) is 38.1 Å². The Morgan fingerprint density at radius 2 is 2.00 bits per heavy atom. The lowest BCUT2D eigenvalue weighted by molar-refractivity contribution is 0.0671. The van der Waals surface area contributed by atoms with E-state index in [4.69, 9.17) is 10.5 Å². The molecule has 0 bridgehead atoms. The number of sulfone groups is 1. The fraction of sp³-hybridized carbons (Fsp3) is 0.571. The van der Waals surface area contributed by atoms with Crippen molar-refractivity contribution in [3.05, 3.63) is 35.4 Å². The summed E-state index contributed by atoms with van der Waals surface area (Å²) in [6.45, 7) is 4.71. The third-order valence-electron chi connectivity index (χ3n) is 3.05. The van der Waals surface area contributed by atoms with Crippen molar-refractivity contribution in [3.63, 3.8) is 0 Å². The summed E-state index contributed by atoms with van der Waals surface area (Å²) < 4.78 is 29.5. The summed E-state index contributed by atoms with van der Waals surface area (Å²) >= 11 is 0. The number of aryl methyl sites for hydroxylation is 1. The van der Waals surface area contributed by atoms with Crippen LogP contribution in [0.25, 0.3) is 0 Å². The molecule has 0 fully saturated rings. The lowest BCUT2D eigenvalue weighted by Crippen LogP contribution is -2.27. The summed E-state index contributed by atoms with van der Waals surface area (Å²) in [5, 5.41) is 0. The standard InChI is InChI=1S/C14H23NO3S/c1-3-18-14(10-15)8-9-19(16,17)11-13-7-5-4-6-12(13)2/h4-7,14H,3,8-11,15H2,1-2H3. The molecule has 1 aromatic carbocycles. The van der Waals surface area contributed by atoms with Crippen molar-refractivity contribution in [2.45, 2.75) is 32.1 Å². The average molecular weight is 285 g/mol. The third kappa shape index (κ3) is 5.72. The zero-order valence-corrected chi connectivity index (χ0v) is 12.4. The van der Waals surface area contributed by atoms with E-state index in [0.717, 1.165) is 11.1 Å². The highest BCUT2D eigenvalue weighted by Gasteiger charge is 2.16. The quantitative estimate of drug-likeness (QED) is 0.788. The topological polar surface area (TPSA) is 69.4 Å². The predicted molar refractivity (Wildman–Crippen MR) is 77.8 cm³/mol. The molecule has 4 nitrogen and oxygen atoms in total. The van der Waals surface area contributed by atoms with Crippen LogP contribution in [0.5, 0.6) is 0 Å². The van der Waals surface area contributed by atoms with Crippen LogP contribution in [0.3, 0.4) is 0 Å². The zero-order valence-electron chi connectivity index (χ0n) is 11.6. The van der Waals surface area contributed by atoms with Crippen LogP contribution in [0.15, 0.2) is 24.3 Å². The van der Waals surface area contributed by atoms with Crippen molar-refractivity contribution >= 4 is 9.84 Å². The molecule has 1 rings (SSSR count). The molecule has 1 atom stereocenters. The Hall–Kier alpha value is -0.910. The maximum atomic E-state index is 12.1. The van der Waals surface area contributed by atoms with Crippen molar-refractivity contribution < 1.29 is 13.2 Å². The van der Waals surface area contributed by atoms with Gasteiger partial charge in [-0.25, -0.2) is 8.42 Å². The van der Waals surface area contributed by atoms with Crippen LogP contribution in [-0.4, -0.2) is 33.4 Å². The molecule has 0 aliphatic rings. The largest absolute Gasteiger partial charge is 0.377 e. The van der Waals surface area contributed by atoms with Crippen LogP contribution in [0.2, 0.25) is 0 Å². The van der Waals surface area contributed by atoms with E-state index in [-0.39, 0.29) is 17.6 Å². The van der Waals surface area contributed by atoms with Gasteiger partial charge < -0.3 is 10.5 Å².